The summed E-state index contributed by atoms with van der Waals surface area (Å²) in [5, 5.41) is 15.7. The van der Waals surface area contributed by atoms with Gasteiger partial charge in [0.15, 0.2) is 10.9 Å². The van der Waals surface area contributed by atoms with Crippen LogP contribution < -0.4 is 0 Å². The number of hydrogen-bond donors (Lipinski definition) is 2. The Bertz CT molecular complexity index is 471. The second-order valence-electron chi connectivity index (χ2n) is 2.55. The summed E-state index contributed by atoms with van der Waals surface area (Å²) < 4.78 is 0. The summed E-state index contributed by atoms with van der Waals surface area (Å²) in [6.45, 7) is 0. The maximum Gasteiger partial charge on any atom is 0.355 e. The molecular weight excluding hydrogens is 216 g/mol. The van der Waals surface area contributed by atoms with Gasteiger partial charge in [0.25, 0.3) is 0 Å². The average molecular weight is 222 g/mol. The number of carboxylic acid groups (broad SMARTS) is 1. The number of nitrogens with one attached hydrogen (secondary N) is 1. The first kappa shape index (κ1) is 9.66. The van der Waals surface area contributed by atoms with Gasteiger partial charge in [-0.3, -0.25) is 5.10 Å². The molecule has 0 bridgehead atoms. The van der Waals surface area contributed by atoms with Crippen LogP contribution in [0.4, 0.5) is 0 Å². The van der Waals surface area contributed by atoms with Gasteiger partial charge in [-0.15, -0.1) is 0 Å². The Morgan fingerprint density at radius 2 is 2.33 bits per heavy atom. The molecular formula is C8H6N4O2S. The Balaban J connectivity index is 2.32. The number of aromatic carboxylic acids is 1. The molecule has 0 aliphatic heterocycles. The number of hydrogen-bond acceptors (Lipinski definition) is 5. The van der Waals surface area contributed by atoms with Gasteiger partial charge in [0.2, 0.25) is 0 Å². The monoisotopic (exact) mass is 222 g/mol. The molecule has 0 atom stereocenters. The van der Waals surface area contributed by atoms with Crippen LogP contribution in [0.1, 0.15) is 10.5 Å². The van der Waals surface area contributed by atoms with E-state index in [-0.39, 0.29) is 5.69 Å². The number of nitrogens with zero attached hydrogens (tertiary/aromatic N) is 3. The van der Waals surface area contributed by atoms with Crippen LogP contribution in [0.2, 0.25) is 0 Å². The van der Waals surface area contributed by atoms with E-state index in [4.69, 9.17) is 5.11 Å². The molecule has 2 N–H and O–H groups in total. The molecule has 2 rings (SSSR count). The van der Waals surface area contributed by atoms with E-state index in [1.165, 1.54) is 24.3 Å². The number of rotatable bonds is 3. The molecule has 0 radical (unpaired) electrons. The van der Waals surface area contributed by atoms with Gasteiger partial charge >= 0.3 is 5.97 Å². The second kappa shape index (κ2) is 4.09. The highest BCUT2D eigenvalue weighted by molar-refractivity contribution is 7.99. The lowest BCUT2D eigenvalue weighted by atomic mass is 10.3. The van der Waals surface area contributed by atoms with Gasteiger partial charge < -0.3 is 5.11 Å². The van der Waals surface area contributed by atoms with Gasteiger partial charge in [0.05, 0.1) is 0 Å². The van der Waals surface area contributed by atoms with E-state index in [2.05, 4.69) is 20.2 Å². The third-order valence-corrected chi connectivity index (χ3v) is 2.51. The van der Waals surface area contributed by atoms with Crippen molar-refractivity contribution >= 4 is 17.7 Å². The van der Waals surface area contributed by atoms with Crippen molar-refractivity contribution in [3.05, 3.63) is 30.4 Å². The average Bonchev–Trinajstić information content (AvgIpc) is 2.71. The van der Waals surface area contributed by atoms with Crippen LogP contribution in [-0.4, -0.2) is 31.2 Å². The zero-order valence-electron chi connectivity index (χ0n) is 7.41. The molecule has 0 saturated heterocycles. The van der Waals surface area contributed by atoms with Gasteiger partial charge in [-0.1, -0.05) is 0 Å². The third kappa shape index (κ3) is 2.13. The maximum absolute atomic E-state index is 10.8. The Hall–Kier alpha value is -1.89. The molecule has 6 nitrogen and oxygen atoms in total. The first-order valence-electron chi connectivity index (χ1n) is 3.99. The molecule has 7 heteroatoms. The lowest BCUT2D eigenvalue weighted by molar-refractivity contribution is 0.0686. The van der Waals surface area contributed by atoms with Gasteiger partial charge in [0.1, 0.15) is 6.33 Å². The van der Waals surface area contributed by atoms with Gasteiger partial charge in [0, 0.05) is 11.1 Å². The summed E-state index contributed by atoms with van der Waals surface area (Å²) in [6, 6.07) is 3.34. The molecule has 2 heterocycles. The molecule has 0 amide bonds. The fraction of sp³-hybridized carbons (Fsp3) is 0. The molecule has 0 aromatic carbocycles. The Morgan fingerprint density at radius 3 is 3.00 bits per heavy atom. The molecule has 0 spiro atoms. The fourth-order valence-electron chi connectivity index (χ4n) is 0.981. The van der Waals surface area contributed by atoms with Crippen molar-refractivity contribution in [2.24, 2.45) is 0 Å². The molecule has 15 heavy (non-hydrogen) atoms. The minimum absolute atomic E-state index is 0.0129. The molecule has 76 valence electrons. The molecule has 2 aromatic heterocycles. The molecule has 0 aliphatic rings. The zero-order valence-corrected chi connectivity index (χ0v) is 8.23. The third-order valence-electron chi connectivity index (χ3n) is 1.57. The molecule has 0 aliphatic carbocycles. The normalized spacial score (nSPS) is 10.1. The van der Waals surface area contributed by atoms with E-state index >= 15 is 0 Å². The Labute approximate surface area is 88.8 Å². The first-order chi connectivity index (χ1) is 7.27. The number of pyridine rings is 1. The molecule has 0 saturated carbocycles. The molecule has 0 fully saturated rings. The van der Waals surface area contributed by atoms with Gasteiger partial charge in [-0.25, -0.2) is 14.8 Å². The van der Waals surface area contributed by atoms with Crippen LogP contribution in [-0.2, 0) is 0 Å². The first-order valence-corrected chi connectivity index (χ1v) is 4.80. The van der Waals surface area contributed by atoms with E-state index in [0.29, 0.717) is 10.1 Å². The van der Waals surface area contributed by atoms with Crippen molar-refractivity contribution in [2.75, 3.05) is 0 Å². The minimum atomic E-state index is -1.06. The van der Waals surface area contributed by atoms with Crippen LogP contribution in [0.25, 0.3) is 0 Å². The van der Waals surface area contributed by atoms with Crippen molar-refractivity contribution in [1.29, 1.82) is 0 Å². The zero-order chi connectivity index (χ0) is 10.7. The lowest BCUT2D eigenvalue weighted by Gasteiger charge is -2.00. The fourth-order valence-corrected chi connectivity index (χ4v) is 1.77. The van der Waals surface area contributed by atoms with Crippen LogP contribution in [0.5, 0.6) is 0 Å². The summed E-state index contributed by atoms with van der Waals surface area (Å²) in [7, 11) is 0. The van der Waals surface area contributed by atoms with E-state index in [1.54, 1.807) is 12.1 Å². The highest BCUT2D eigenvalue weighted by Gasteiger charge is 2.12. The largest absolute Gasteiger partial charge is 0.476 e. The summed E-state index contributed by atoms with van der Waals surface area (Å²) in [4.78, 5) is 19.0. The van der Waals surface area contributed by atoms with Crippen molar-refractivity contribution in [3.8, 4) is 0 Å². The van der Waals surface area contributed by atoms with Crippen LogP contribution in [0, 0.1) is 0 Å². The highest BCUT2D eigenvalue weighted by Crippen LogP contribution is 2.25. The summed E-state index contributed by atoms with van der Waals surface area (Å²) in [6.07, 6.45) is 2.80. The van der Waals surface area contributed by atoms with E-state index in [1.807, 2.05) is 0 Å². The van der Waals surface area contributed by atoms with E-state index in [9.17, 15) is 4.79 Å². The predicted octanol–water partition coefficient (Wildman–Crippen LogP) is 1.05. The van der Waals surface area contributed by atoms with Gasteiger partial charge in [-0.2, -0.15) is 5.10 Å². The topological polar surface area (TPSA) is 91.8 Å². The number of carboxylic acids is 1. The van der Waals surface area contributed by atoms with Crippen molar-refractivity contribution < 1.29 is 9.90 Å². The summed E-state index contributed by atoms with van der Waals surface area (Å²) in [5.74, 6) is -1.06. The Kier molecular flexibility index (Phi) is 2.64. The van der Waals surface area contributed by atoms with E-state index in [0.717, 1.165) is 0 Å². The number of aromatic nitrogens is 4. The molecule has 2 aromatic rings. The summed E-state index contributed by atoms with van der Waals surface area (Å²) >= 11 is 1.18. The standard InChI is InChI=1S/C8H6N4O2S/c13-7(14)6-5(2-1-3-9-6)15-8-10-4-11-12-8/h1-4H,(H,13,14)(H,10,11,12). The van der Waals surface area contributed by atoms with Gasteiger partial charge in [-0.05, 0) is 23.9 Å². The number of H-pyrrole nitrogens is 1. The van der Waals surface area contributed by atoms with Crippen LogP contribution in [0.3, 0.4) is 0 Å². The van der Waals surface area contributed by atoms with E-state index < -0.39 is 5.97 Å². The quantitative estimate of drug-likeness (QED) is 0.806. The maximum atomic E-state index is 10.8. The van der Waals surface area contributed by atoms with Crippen molar-refractivity contribution in [3.63, 3.8) is 0 Å². The highest BCUT2D eigenvalue weighted by atomic mass is 32.2. The summed E-state index contributed by atoms with van der Waals surface area (Å²) in [5.41, 5.74) is 0.0129. The smallest absolute Gasteiger partial charge is 0.355 e. The number of carbonyl (C=O) groups is 1. The number of aromatic amines is 1. The second-order valence-corrected chi connectivity index (χ2v) is 3.58. The Morgan fingerprint density at radius 1 is 1.47 bits per heavy atom. The van der Waals surface area contributed by atoms with Crippen molar-refractivity contribution in [1.82, 2.24) is 20.2 Å². The SMILES string of the molecule is O=C(O)c1ncccc1Sc1ncn[nH]1. The van der Waals surface area contributed by atoms with Crippen LogP contribution >= 0.6 is 11.8 Å². The lowest BCUT2D eigenvalue weighted by Crippen LogP contribution is -2.01. The predicted molar refractivity (Wildman–Crippen MR) is 51.7 cm³/mol. The van der Waals surface area contributed by atoms with Crippen molar-refractivity contribution in [2.45, 2.75) is 10.1 Å². The molecule has 0 unspecified atom stereocenters. The van der Waals surface area contributed by atoms with Crippen LogP contribution in [0.15, 0.2) is 34.7 Å². The minimum Gasteiger partial charge on any atom is -0.476 e.